The third kappa shape index (κ3) is 7.05. The monoisotopic (exact) mass is 443 g/mol. The van der Waals surface area contributed by atoms with Gasteiger partial charge in [-0.05, 0) is 49.1 Å². The number of likely N-dealkylation sites (tertiary alicyclic amines) is 1. The van der Waals surface area contributed by atoms with Gasteiger partial charge in [0.05, 0.1) is 0 Å². The molecule has 2 aromatic rings. The van der Waals surface area contributed by atoms with Crippen molar-refractivity contribution in [2.45, 2.75) is 38.1 Å². The van der Waals surface area contributed by atoms with Crippen LogP contribution in [-0.4, -0.2) is 51.7 Å². The normalized spacial score (nSPS) is 20.4. The van der Waals surface area contributed by atoms with Crippen LogP contribution in [0.3, 0.4) is 0 Å². The fraction of sp³-hybridized carbons (Fsp3) is 0.417. The Morgan fingerprint density at radius 3 is 2.19 bits per heavy atom. The molecule has 3 rings (SSSR count). The molecule has 7 heteroatoms. The molecule has 0 aromatic heterocycles. The first kappa shape index (κ1) is 23.2. The Hall–Kier alpha value is -2.43. The van der Waals surface area contributed by atoms with E-state index in [0.29, 0.717) is 25.8 Å². The van der Waals surface area contributed by atoms with Crippen molar-refractivity contribution in [3.63, 3.8) is 0 Å². The molecular formula is C24H30NO5P. The van der Waals surface area contributed by atoms with Gasteiger partial charge in [0.2, 0.25) is 13.3 Å². The van der Waals surface area contributed by atoms with E-state index in [1.165, 1.54) is 10.5 Å². The number of hydrogen-bond donors (Lipinski definition) is 2. The van der Waals surface area contributed by atoms with Crippen molar-refractivity contribution >= 4 is 19.2 Å². The molecule has 2 aromatic carbocycles. The van der Waals surface area contributed by atoms with Crippen LogP contribution in [0.2, 0.25) is 0 Å². The molecular weight excluding hydrogens is 413 g/mol. The highest BCUT2D eigenvalue weighted by Gasteiger charge is 2.41. The Bertz CT molecular complexity index is 918. The van der Waals surface area contributed by atoms with Gasteiger partial charge in [-0.25, -0.2) is 4.79 Å². The zero-order chi connectivity index (χ0) is 22.3. The number of carbonyl (C=O) groups excluding carboxylic acids is 1. The molecule has 0 radical (unpaired) electrons. The van der Waals surface area contributed by atoms with E-state index in [2.05, 4.69) is 0 Å². The van der Waals surface area contributed by atoms with Crippen molar-refractivity contribution in [2.75, 3.05) is 18.9 Å². The van der Waals surface area contributed by atoms with Crippen LogP contribution in [0.4, 0.5) is 0 Å². The maximum atomic E-state index is 12.8. The first-order chi connectivity index (χ1) is 14.8. The number of unbranched alkanes of at least 4 members (excludes halogenated alkanes) is 1. The van der Waals surface area contributed by atoms with Gasteiger partial charge < -0.3 is 14.9 Å². The Morgan fingerprint density at radius 2 is 1.58 bits per heavy atom. The molecule has 2 N–H and O–H groups in total. The van der Waals surface area contributed by atoms with Crippen molar-refractivity contribution < 1.29 is 24.2 Å². The Kier molecular flexibility index (Phi) is 8.05. The van der Waals surface area contributed by atoms with Gasteiger partial charge in [-0.3, -0.25) is 9.36 Å². The van der Waals surface area contributed by atoms with E-state index in [1.807, 2.05) is 60.7 Å². The third-order valence-electron chi connectivity index (χ3n) is 5.81. The molecule has 166 valence electrons. The molecule has 1 amide bonds. The number of benzene rings is 2. The Labute approximate surface area is 183 Å². The minimum absolute atomic E-state index is 0.0244. The molecule has 1 fully saturated rings. The number of hydrogen-bond acceptors (Lipinski definition) is 3. The standard InChI is InChI=1S/C24H30NO5P/c26-23(18-31(29,30)14-8-7-11-19-9-3-1-4-10-19)25-17-21(16-22(25)24(27)28)15-20-12-5-2-6-13-20/h1-6,9-10,12-13,21-22H,7-8,11,14-18H2,(H,27,28)(H,29,30)/t21?,22-/m0/s1. The van der Waals surface area contributed by atoms with Gasteiger partial charge in [0.1, 0.15) is 12.2 Å². The number of nitrogens with zero attached hydrogens (tertiary/aromatic N) is 1. The highest BCUT2D eigenvalue weighted by atomic mass is 31.2. The minimum Gasteiger partial charge on any atom is -0.480 e. The molecule has 0 saturated carbocycles. The number of aryl methyl sites for hydroxylation is 1. The average molecular weight is 443 g/mol. The first-order valence-corrected chi connectivity index (χ1v) is 12.8. The van der Waals surface area contributed by atoms with Crippen molar-refractivity contribution in [1.29, 1.82) is 0 Å². The smallest absolute Gasteiger partial charge is 0.326 e. The minimum atomic E-state index is -3.65. The number of aliphatic carboxylic acids is 1. The second kappa shape index (κ2) is 10.7. The third-order valence-corrected chi connectivity index (χ3v) is 7.59. The summed E-state index contributed by atoms with van der Waals surface area (Å²) in [5.41, 5.74) is 2.27. The van der Waals surface area contributed by atoms with E-state index >= 15 is 0 Å². The van der Waals surface area contributed by atoms with Crippen molar-refractivity contribution in [3.05, 3.63) is 71.8 Å². The fourth-order valence-electron chi connectivity index (χ4n) is 4.24. The van der Waals surface area contributed by atoms with Crippen LogP contribution in [0.25, 0.3) is 0 Å². The maximum absolute atomic E-state index is 12.8. The highest BCUT2D eigenvalue weighted by molar-refractivity contribution is 7.58. The van der Waals surface area contributed by atoms with Gasteiger partial charge in [-0.2, -0.15) is 0 Å². The van der Waals surface area contributed by atoms with Crippen LogP contribution >= 0.6 is 7.37 Å². The lowest BCUT2D eigenvalue weighted by molar-refractivity contribution is -0.147. The number of amides is 1. The lowest BCUT2D eigenvalue weighted by Gasteiger charge is -2.23. The van der Waals surface area contributed by atoms with Crippen LogP contribution in [0.5, 0.6) is 0 Å². The highest BCUT2D eigenvalue weighted by Crippen LogP contribution is 2.42. The SMILES string of the molecule is O=C(O)[C@@H]1CC(Cc2ccccc2)CN1C(=O)CP(=O)(O)CCCCc1ccccc1. The number of carbonyl (C=O) groups is 2. The molecule has 31 heavy (non-hydrogen) atoms. The topological polar surface area (TPSA) is 94.9 Å². The molecule has 2 unspecified atom stereocenters. The average Bonchev–Trinajstić information content (AvgIpc) is 3.17. The summed E-state index contributed by atoms with van der Waals surface area (Å²) in [6, 6.07) is 18.7. The number of carboxylic acid groups (broad SMARTS) is 1. The Morgan fingerprint density at radius 1 is 0.968 bits per heavy atom. The molecule has 1 saturated heterocycles. The maximum Gasteiger partial charge on any atom is 0.326 e. The van der Waals surface area contributed by atoms with E-state index in [9.17, 15) is 24.2 Å². The Balaban J connectivity index is 1.51. The lowest BCUT2D eigenvalue weighted by atomic mass is 9.97. The second-order valence-corrected chi connectivity index (χ2v) is 10.8. The summed E-state index contributed by atoms with van der Waals surface area (Å²) in [5, 5.41) is 9.57. The summed E-state index contributed by atoms with van der Waals surface area (Å²) < 4.78 is 12.6. The molecule has 3 atom stereocenters. The van der Waals surface area contributed by atoms with Crippen molar-refractivity contribution in [3.8, 4) is 0 Å². The van der Waals surface area contributed by atoms with Crippen LogP contribution in [0.1, 0.15) is 30.4 Å². The molecule has 0 bridgehead atoms. The predicted molar refractivity (Wildman–Crippen MR) is 120 cm³/mol. The summed E-state index contributed by atoms with van der Waals surface area (Å²) in [5.74, 6) is -1.56. The molecule has 0 aliphatic carbocycles. The summed E-state index contributed by atoms with van der Waals surface area (Å²) in [4.78, 5) is 36.1. The quantitative estimate of drug-likeness (QED) is 0.430. The fourth-order valence-corrected chi connectivity index (χ4v) is 5.72. The molecule has 0 spiro atoms. The van der Waals surface area contributed by atoms with Gasteiger partial charge >= 0.3 is 5.97 Å². The lowest BCUT2D eigenvalue weighted by Crippen LogP contribution is -2.42. The molecule has 1 aliphatic rings. The summed E-state index contributed by atoms with van der Waals surface area (Å²) in [7, 11) is -3.65. The van der Waals surface area contributed by atoms with Gasteiger partial charge in [0, 0.05) is 12.7 Å². The number of rotatable bonds is 10. The van der Waals surface area contributed by atoms with Gasteiger partial charge in [-0.15, -0.1) is 0 Å². The summed E-state index contributed by atoms with van der Waals surface area (Å²) >= 11 is 0. The van der Waals surface area contributed by atoms with E-state index in [1.54, 1.807) is 0 Å². The number of carboxylic acids is 1. The largest absolute Gasteiger partial charge is 0.480 e. The van der Waals surface area contributed by atoms with Gasteiger partial charge in [0.25, 0.3) is 0 Å². The van der Waals surface area contributed by atoms with Gasteiger partial charge in [-0.1, -0.05) is 60.7 Å². The predicted octanol–water partition coefficient (Wildman–Crippen LogP) is 3.82. The van der Waals surface area contributed by atoms with E-state index in [0.717, 1.165) is 18.4 Å². The van der Waals surface area contributed by atoms with Crippen LogP contribution in [-0.2, 0) is 27.0 Å². The van der Waals surface area contributed by atoms with E-state index < -0.39 is 31.4 Å². The van der Waals surface area contributed by atoms with E-state index in [4.69, 9.17) is 0 Å². The molecule has 1 heterocycles. The van der Waals surface area contributed by atoms with Crippen LogP contribution < -0.4 is 0 Å². The van der Waals surface area contributed by atoms with Gasteiger partial charge in [0.15, 0.2) is 0 Å². The summed E-state index contributed by atoms with van der Waals surface area (Å²) in [6.45, 7) is 0.304. The van der Waals surface area contributed by atoms with Crippen LogP contribution in [0, 0.1) is 5.92 Å². The zero-order valence-corrected chi connectivity index (χ0v) is 18.5. The zero-order valence-electron chi connectivity index (χ0n) is 17.6. The van der Waals surface area contributed by atoms with E-state index in [-0.39, 0.29) is 12.1 Å². The first-order valence-electron chi connectivity index (χ1n) is 10.7. The molecule has 6 nitrogen and oxygen atoms in total. The molecule has 1 aliphatic heterocycles. The van der Waals surface area contributed by atoms with Crippen LogP contribution in [0.15, 0.2) is 60.7 Å². The van der Waals surface area contributed by atoms with Crippen molar-refractivity contribution in [2.24, 2.45) is 5.92 Å². The summed E-state index contributed by atoms with van der Waals surface area (Å²) in [6.07, 6.45) is 2.78. The second-order valence-electron chi connectivity index (χ2n) is 8.36. The van der Waals surface area contributed by atoms with Crippen molar-refractivity contribution in [1.82, 2.24) is 4.90 Å².